The van der Waals surface area contributed by atoms with Crippen LogP contribution in [-0.2, 0) is 19.6 Å². The van der Waals surface area contributed by atoms with Gasteiger partial charge in [-0.05, 0) is 61.4 Å². The van der Waals surface area contributed by atoms with E-state index in [0.717, 1.165) is 12.8 Å². The highest BCUT2D eigenvalue weighted by Crippen LogP contribution is 2.25. The van der Waals surface area contributed by atoms with Gasteiger partial charge in [0.15, 0.2) is 6.61 Å². The highest BCUT2D eigenvalue weighted by molar-refractivity contribution is 7.89. The fraction of sp³-hybridized carbons (Fsp3) is 0.185. The summed E-state index contributed by atoms with van der Waals surface area (Å²) >= 11 is 0. The van der Waals surface area contributed by atoms with Crippen molar-refractivity contribution in [1.82, 2.24) is 14.3 Å². The van der Waals surface area contributed by atoms with E-state index in [4.69, 9.17) is 4.74 Å². The molecule has 37 heavy (non-hydrogen) atoms. The molecule has 1 aliphatic heterocycles. The second-order valence-electron chi connectivity index (χ2n) is 8.55. The second kappa shape index (κ2) is 10.5. The van der Waals surface area contributed by atoms with Crippen molar-refractivity contribution in [3.05, 3.63) is 84.6 Å². The Balaban J connectivity index is 1.26. The lowest BCUT2D eigenvalue weighted by Crippen LogP contribution is -2.27. The van der Waals surface area contributed by atoms with Crippen molar-refractivity contribution in [2.24, 2.45) is 0 Å². The predicted molar refractivity (Wildman–Crippen MR) is 138 cm³/mol. The predicted octanol–water partition coefficient (Wildman–Crippen LogP) is 3.88. The van der Waals surface area contributed by atoms with E-state index in [1.165, 1.54) is 28.6 Å². The zero-order valence-corrected chi connectivity index (χ0v) is 20.6. The molecule has 0 bridgehead atoms. The molecule has 10 heteroatoms. The maximum absolute atomic E-state index is 13.0. The SMILES string of the molecule is O=C(COC(=O)c1cc(-c2ccccn2)nc2ccccc12)Nc1ccc(S(=O)(=O)N2CCCC2)cc1. The lowest BCUT2D eigenvalue weighted by atomic mass is 10.1. The normalized spacial score (nSPS) is 13.9. The van der Waals surface area contributed by atoms with Crippen molar-refractivity contribution in [2.75, 3.05) is 25.0 Å². The summed E-state index contributed by atoms with van der Waals surface area (Å²) in [5.41, 5.74) is 2.39. The Kier molecular flexibility index (Phi) is 6.93. The monoisotopic (exact) mass is 516 g/mol. The molecule has 4 aromatic rings. The van der Waals surface area contributed by atoms with Crippen LogP contribution in [0.15, 0.2) is 83.9 Å². The van der Waals surface area contributed by atoms with Gasteiger partial charge in [-0.2, -0.15) is 4.31 Å². The Hall–Kier alpha value is -4.15. The molecule has 9 nitrogen and oxygen atoms in total. The topological polar surface area (TPSA) is 119 Å². The van der Waals surface area contributed by atoms with Gasteiger partial charge in [-0.1, -0.05) is 24.3 Å². The van der Waals surface area contributed by atoms with E-state index in [2.05, 4.69) is 15.3 Å². The van der Waals surface area contributed by atoms with Crippen LogP contribution in [0.4, 0.5) is 5.69 Å². The molecule has 2 aromatic heterocycles. The lowest BCUT2D eigenvalue weighted by Gasteiger charge is -2.15. The standard InChI is InChI=1S/C27H24N4O5S/c32-26(29-19-10-12-20(13-11-19)37(34,35)31-15-5-6-16-31)18-36-27(33)22-17-25(24-9-3-4-14-28-24)30-23-8-2-1-7-21(22)23/h1-4,7-14,17H,5-6,15-16,18H2,(H,29,32). The van der Waals surface area contributed by atoms with Crippen LogP contribution in [0, 0.1) is 0 Å². The Morgan fingerprint density at radius 1 is 0.919 bits per heavy atom. The first-order valence-electron chi connectivity index (χ1n) is 11.8. The zero-order valence-electron chi connectivity index (χ0n) is 19.8. The van der Waals surface area contributed by atoms with E-state index in [9.17, 15) is 18.0 Å². The number of hydrogen-bond acceptors (Lipinski definition) is 7. The van der Waals surface area contributed by atoms with Crippen molar-refractivity contribution >= 4 is 38.5 Å². The van der Waals surface area contributed by atoms with Gasteiger partial charge in [0, 0.05) is 30.4 Å². The number of hydrogen-bond donors (Lipinski definition) is 1. The smallest absolute Gasteiger partial charge is 0.339 e. The van der Waals surface area contributed by atoms with E-state index in [1.54, 1.807) is 42.6 Å². The molecule has 0 spiro atoms. The molecule has 188 valence electrons. The van der Waals surface area contributed by atoms with Crippen LogP contribution in [0.1, 0.15) is 23.2 Å². The van der Waals surface area contributed by atoms with Gasteiger partial charge in [0.25, 0.3) is 5.91 Å². The Bertz CT molecular complexity index is 1550. The molecule has 1 amide bonds. The quantitative estimate of drug-likeness (QED) is 0.370. The number of esters is 1. The van der Waals surface area contributed by atoms with Crippen LogP contribution in [0.3, 0.4) is 0 Å². The Morgan fingerprint density at radius 3 is 2.38 bits per heavy atom. The van der Waals surface area contributed by atoms with Crippen LogP contribution in [0.5, 0.6) is 0 Å². The summed E-state index contributed by atoms with van der Waals surface area (Å²) in [5, 5.41) is 3.22. The number of fused-ring (bicyclic) bond motifs is 1. The van der Waals surface area contributed by atoms with Crippen LogP contribution < -0.4 is 5.32 Å². The van der Waals surface area contributed by atoms with E-state index in [1.807, 2.05) is 12.1 Å². The fourth-order valence-corrected chi connectivity index (χ4v) is 5.70. The van der Waals surface area contributed by atoms with E-state index < -0.39 is 28.5 Å². The zero-order chi connectivity index (χ0) is 25.8. The lowest BCUT2D eigenvalue weighted by molar-refractivity contribution is -0.119. The number of nitrogens with zero attached hydrogens (tertiary/aromatic N) is 3. The number of benzene rings is 2. The van der Waals surface area contributed by atoms with Crippen molar-refractivity contribution < 1.29 is 22.7 Å². The number of aromatic nitrogens is 2. The average molecular weight is 517 g/mol. The molecule has 0 radical (unpaired) electrons. The van der Waals surface area contributed by atoms with Crippen molar-refractivity contribution in [3.8, 4) is 11.4 Å². The van der Waals surface area contributed by atoms with Gasteiger partial charge in [-0.25, -0.2) is 18.2 Å². The largest absolute Gasteiger partial charge is 0.452 e. The number of para-hydroxylation sites is 1. The van der Waals surface area contributed by atoms with E-state index in [-0.39, 0.29) is 10.5 Å². The molecule has 0 atom stereocenters. The van der Waals surface area contributed by atoms with Crippen molar-refractivity contribution in [3.63, 3.8) is 0 Å². The number of rotatable bonds is 7. The van der Waals surface area contributed by atoms with Crippen LogP contribution >= 0.6 is 0 Å². The van der Waals surface area contributed by atoms with Gasteiger partial charge in [0.05, 0.1) is 27.4 Å². The third-order valence-electron chi connectivity index (χ3n) is 6.04. The number of carbonyl (C=O) groups is 2. The highest BCUT2D eigenvalue weighted by atomic mass is 32.2. The van der Waals surface area contributed by atoms with Crippen LogP contribution in [0.25, 0.3) is 22.3 Å². The molecule has 0 unspecified atom stereocenters. The van der Waals surface area contributed by atoms with Gasteiger partial charge >= 0.3 is 5.97 Å². The summed E-state index contributed by atoms with van der Waals surface area (Å²) in [6, 6.07) is 20.1. The molecule has 1 N–H and O–H groups in total. The first kappa shape index (κ1) is 24.5. The molecule has 0 aliphatic carbocycles. The van der Waals surface area contributed by atoms with Crippen LogP contribution in [-0.4, -0.2) is 54.3 Å². The number of anilines is 1. The Morgan fingerprint density at radius 2 is 1.65 bits per heavy atom. The average Bonchev–Trinajstić information content (AvgIpc) is 3.48. The number of carbonyl (C=O) groups excluding carboxylic acids is 2. The summed E-state index contributed by atoms with van der Waals surface area (Å²) in [7, 11) is -3.54. The number of pyridine rings is 2. The minimum Gasteiger partial charge on any atom is -0.452 e. The molecular weight excluding hydrogens is 492 g/mol. The third-order valence-corrected chi connectivity index (χ3v) is 7.95. The molecule has 1 saturated heterocycles. The summed E-state index contributed by atoms with van der Waals surface area (Å²) in [6.45, 7) is 0.521. The number of amides is 1. The maximum Gasteiger partial charge on any atom is 0.339 e. The van der Waals surface area contributed by atoms with Gasteiger partial charge < -0.3 is 10.1 Å². The molecule has 2 aromatic carbocycles. The molecule has 1 fully saturated rings. The minimum absolute atomic E-state index is 0.173. The third kappa shape index (κ3) is 5.35. The van der Waals surface area contributed by atoms with Gasteiger partial charge in [0.1, 0.15) is 0 Å². The summed E-state index contributed by atoms with van der Waals surface area (Å²) in [6.07, 6.45) is 3.35. The first-order chi connectivity index (χ1) is 17.9. The van der Waals surface area contributed by atoms with Crippen LogP contribution in [0.2, 0.25) is 0 Å². The van der Waals surface area contributed by atoms with Gasteiger partial charge in [-0.3, -0.25) is 9.78 Å². The number of ether oxygens (including phenoxy) is 1. The number of nitrogens with one attached hydrogen (secondary N) is 1. The first-order valence-corrected chi connectivity index (χ1v) is 13.2. The molecule has 3 heterocycles. The summed E-state index contributed by atoms with van der Waals surface area (Å²) in [5.74, 6) is -1.22. The summed E-state index contributed by atoms with van der Waals surface area (Å²) in [4.78, 5) is 34.5. The molecule has 1 aliphatic rings. The van der Waals surface area contributed by atoms with Gasteiger partial charge in [0.2, 0.25) is 10.0 Å². The molecular formula is C27H24N4O5S. The van der Waals surface area contributed by atoms with Crippen molar-refractivity contribution in [2.45, 2.75) is 17.7 Å². The molecule has 5 rings (SSSR count). The van der Waals surface area contributed by atoms with E-state index in [0.29, 0.717) is 41.1 Å². The van der Waals surface area contributed by atoms with Gasteiger partial charge in [-0.15, -0.1) is 0 Å². The minimum atomic E-state index is -3.54. The fourth-order valence-electron chi connectivity index (χ4n) is 4.18. The number of sulfonamides is 1. The van der Waals surface area contributed by atoms with E-state index >= 15 is 0 Å². The summed E-state index contributed by atoms with van der Waals surface area (Å²) < 4.78 is 32.1. The Labute approximate surface area is 214 Å². The second-order valence-corrected chi connectivity index (χ2v) is 10.5. The highest BCUT2D eigenvalue weighted by Gasteiger charge is 2.27. The maximum atomic E-state index is 13.0. The van der Waals surface area contributed by atoms with Crippen molar-refractivity contribution in [1.29, 1.82) is 0 Å². The molecule has 0 saturated carbocycles.